The molecule has 0 atom stereocenters. The second kappa shape index (κ2) is 19.2. The maximum absolute atomic E-state index is 10.7. The van der Waals surface area contributed by atoms with E-state index in [1.54, 1.807) is 11.3 Å². The molecule has 0 aliphatic carbocycles. The molecule has 3 heteroatoms. The van der Waals surface area contributed by atoms with Gasteiger partial charge in [-0.15, -0.1) is 11.3 Å². The highest BCUT2D eigenvalue weighted by molar-refractivity contribution is 7.10. The third kappa shape index (κ3) is 16.6. The lowest BCUT2D eigenvalue weighted by molar-refractivity contribution is -0.136. The van der Waals surface area contributed by atoms with Crippen LogP contribution in [-0.4, -0.2) is 11.1 Å². The minimum absolute atomic E-state index is 0.170. The molecular weight excluding hydrogens is 376 g/mol. The number of thiophene rings is 1. The van der Waals surface area contributed by atoms with Crippen LogP contribution in [0.2, 0.25) is 0 Å². The second-order valence-corrected chi connectivity index (χ2v) is 9.75. The van der Waals surface area contributed by atoms with Crippen LogP contribution in [0.25, 0.3) is 0 Å². The van der Waals surface area contributed by atoms with Crippen molar-refractivity contribution in [3.05, 3.63) is 21.9 Å². The topological polar surface area (TPSA) is 37.3 Å². The van der Waals surface area contributed by atoms with Crippen LogP contribution in [0.3, 0.4) is 0 Å². The fourth-order valence-corrected chi connectivity index (χ4v) is 4.94. The van der Waals surface area contributed by atoms with Crippen molar-refractivity contribution in [2.45, 2.75) is 135 Å². The molecule has 1 heterocycles. The number of hydrogen-bond acceptors (Lipinski definition) is 2. The standard InChI is InChI=1S/C26H46O2S/c1-2-3-4-5-6-7-8-9-10-11-12-13-14-15-16-17-18-19-20-24-21-25(29-23-24)22-26(27)28/h21,23H,2-20,22H2,1H3,(H,27,28). The molecule has 0 bridgehead atoms. The molecule has 1 aromatic heterocycles. The molecule has 0 aliphatic rings. The summed E-state index contributed by atoms with van der Waals surface area (Å²) < 4.78 is 0. The Bertz CT molecular complexity index is 495. The van der Waals surface area contributed by atoms with Crippen LogP contribution in [0.15, 0.2) is 11.4 Å². The Morgan fingerprint density at radius 1 is 0.724 bits per heavy atom. The van der Waals surface area contributed by atoms with E-state index in [-0.39, 0.29) is 6.42 Å². The van der Waals surface area contributed by atoms with Gasteiger partial charge in [0.15, 0.2) is 0 Å². The van der Waals surface area contributed by atoms with Crippen LogP contribution in [0.4, 0.5) is 0 Å². The van der Waals surface area contributed by atoms with E-state index in [1.807, 2.05) is 0 Å². The van der Waals surface area contributed by atoms with E-state index in [2.05, 4.69) is 18.4 Å². The number of carboxylic acids is 1. The Hall–Kier alpha value is -0.830. The van der Waals surface area contributed by atoms with E-state index in [1.165, 1.54) is 121 Å². The first-order valence-electron chi connectivity index (χ1n) is 12.5. The number of aliphatic carboxylic acids is 1. The third-order valence-corrected chi connectivity index (χ3v) is 6.84. The highest BCUT2D eigenvalue weighted by Crippen LogP contribution is 2.19. The first-order chi connectivity index (χ1) is 14.2. The van der Waals surface area contributed by atoms with Crippen LogP contribution >= 0.6 is 11.3 Å². The van der Waals surface area contributed by atoms with Crippen LogP contribution in [0.5, 0.6) is 0 Å². The van der Waals surface area contributed by atoms with E-state index in [9.17, 15) is 4.79 Å². The largest absolute Gasteiger partial charge is 0.481 e. The average molecular weight is 423 g/mol. The lowest BCUT2D eigenvalue weighted by atomic mass is 10.0. The number of carbonyl (C=O) groups is 1. The van der Waals surface area contributed by atoms with Crippen LogP contribution in [0, 0.1) is 0 Å². The van der Waals surface area contributed by atoms with Gasteiger partial charge in [-0.2, -0.15) is 0 Å². The van der Waals surface area contributed by atoms with Gasteiger partial charge in [0.05, 0.1) is 6.42 Å². The molecule has 0 saturated carbocycles. The van der Waals surface area contributed by atoms with Gasteiger partial charge < -0.3 is 5.11 Å². The maximum atomic E-state index is 10.7. The van der Waals surface area contributed by atoms with Crippen LogP contribution < -0.4 is 0 Å². The Morgan fingerprint density at radius 2 is 1.14 bits per heavy atom. The summed E-state index contributed by atoms with van der Waals surface area (Å²) in [6.07, 6.45) is 26.6. The molecular formula is C26H46O2S. The maximum Gasteiger partial charge on any atom is 0.308 e. The van der Waals surface area contributed by atoms with Gasteiger partial charge in [-0.1, -0.05) is 116 Å². The summed E-state index contributed by atoms with van der Waals surface area (Å²) in [5.41, 5.74) is 1.32. The van der Waals surface area contributed by atoms with Crippen LogP contribution in [-0.2, 0) is 17.6 Å². The van der Waals surface area contributed by atoms with E-state index in [4.69, 9.17) is 5.11 Å². The molecule has 0 radical (unpaired) electrons. The number of carboxylic acid groups (broad SMARTS) is 1. The molecule has 0 unspecified atom stereocenters. The summed E-state index contributed by atoms with van der Waals surface area (Å²) >= 11 is 1.59. The molecule has 0 aliphatic heterocycles. The molecule has 0 saturated heterocycles. The molecule has 168 valence electrons. The van der Waals surface area contributed by atoms with Gasteiger partial charge >= 0.3 is 5.97 Å². The molecule has 0 aromatic carbocycles. The number of rotatable bonds is 21. The zero-order chi connectivity index (χ0) is 21.0. The molecule has 29 heavy (non-hydrogen) atoms. The van der Waals surface area contributed by atoms with Crippen molar-refractivity contribution >= 4 is 17.3 Å². The zero-order valence-electron chi connectivity index (χ0n) is 19.1. The van der Waals surface area contributed by atoms with Crippen molar-refractivity contribution in [3.63, 3.8) is 0 Å². The fourth-order valence-electron chi connectivity index (χ4n) is 4.03. The van der Waals surface area contributed by atoms with Gasteiger partial charge in [-0.05, 0) is 29.9 Å². The lowest BCUT2D eigenvalue weighted by Gasteiger charge is -2.04. The minimum Gasteiger partial charge on any atom is -0.481 e. The van der Waals surface area contributed by atoms with Gasteiger partial charge in [0.25, 0.3) is 0 Å². The van der Waals surface area contributed by atoms with Gasteiger partial charge in [-0.25, -0.2) is 0 Å². The summed E-state index contributed by atoms with van der Waals surface area (Å²) in [6, 6.07) is 2.08. The predicted octanol–water partition coefficient (Wildman–Crippen LogP) is 8.96. The second-order valence-electron chi connectivity index (χ2n) is 8.75. The fraction of sp³-hybridized carbons (Fsp3) is 0.808. The summed E-state index contributed by atoms with van der Waals surface area (Å²) in [4.78, 5) is 11.7. The van der Waals surface area contributed by atoms with Gasteiger partial charge in [0.2, 0.25) is 0 Å². The zero-order valence-corrected chi connectivity index (χ0v) is 19.9. The molecule has 0 amide bonds. The Balaban J connectivity index is 1.76. The van der Waals surface area contributed by atoms with Crippen molar-refractivity contribution in [1.82, 2.24) is 0 Å². The number of unbranched alkanes of at least 4 members (excludes halogenated alkanes) is 17. The van der Waals surface area contributed by atoms with Crippen LogP contribution in [0.1, 0.15) is 133 Å². The monoisotopic (exact) mass is 422 g/mol. The van der Waals surface area contributed by atoms with Crippen molar-refractivity contribution in [2.75, 3.05) is 0 Å². The Morgan fingerprint density at radius 3 is 1.55 bits per heavy atom. The van der Waals surface area contributed by atoms with E-state index < -0.39 is 5.97 Å². The first kappa shape index (κ1) is 26.2. The number of aryl methyl sites for hydroxylation is 1. The Labute approximate surface area is 184 Å². The van der Waals surface area contributed by atoms with Crippen molar-refractivity contribution in [1.29, 1.82) is 0 Å². The molecule has 0 fully saturated rings. The normalized spacial score (nSPS) is 11.2. The molecule has 0 spiro atoms. The van der Waals surface area contributed by atoms with Crippen molar-refractivity contribution < 1.29 is 9.90 Å². The SMILES string of the molecule is CCCCCCCCCCCCCCCCCCCCc1csc(CC(=O)O)c1. The minimum atomic E-state index is -0.730. The molecule has 1 aromatic rings. The third-order valence-electron chi connectivity index (χ3n) is 5.85. The smallest absolute Gasteiger partial charge is 0.308 e. The van der Waals surface area contributed by atoms with E-state index >= 15 is 0 Å². The molecule has 1 rings (SSSR count). The lowest BCUT2D eigenvalue weighted by Crippen LogP contribution is -1.97. The van der Waals surface area contributed by atoms with E-state index in [0.717, 1.165) is 11.3 Å². The van der Waals surface area contributed by atoms with Gasteiger partial charge in [0, 0.05) is 4.88 Å². The highest BCUT2D eigenvalue weighted by atomic mass is 32.1. The van der Waals surface area contributed by atoms with Gasteiger partial charge in [0.1, 0.15) is 0 Å². The highest BCUT2D eigenvalue weighted by Gasteiger charge is 2.04. The molecule has 2 nitrogen and oxygen atoms in total. The summed E-state index contributed by atoms with van der Waals surface area (Å²) in [5, 5.41) is 11.0. The van der Waals surface area contributed by atoms with E-state index in [0.29, 0.717) is 0 Å². The average Bonchev–Trinajstić information content (AvgIpc) is 3.13. The van der Waals surface area contributed by atoms with Crippen molar-refractivity contribution in [2.24, 2.45) is 0 Å². The summed E-state index contributed by atoms with van der Waals surface area (Å²) in [5.74, 6) is -0.730. The van der Waals surface area contributed by atoms with Crippen molar-refractivity contribution in [3.8, 4) is 0 Å². The molecule has 1 N–H and O–H groups in total. The Kier molecular flexibility index (Phi) is 17.3. The quantitative estimate of drug-likeness (QED) is 0.201. The predicted molar refractivity (Wildman–Crippen MR) is 128 cm³/mol. The summed E-state index contributed by atoms with van der Waals surface area (Å²) in [6.45, 7) is 2.29. The number of hydrogen-bond donors (Lipinski definition) is 1. The summed E-state index contributed by atoms with van der Waals surface area (Å²) in [7, 11) is 0. The van der Waals surface area contributed by atoms with Gasteiger partial charge in [-0.3, -0.25) is 4.79 Å². The first-order valence-corrected chi connectivity index (χ1v) is 13.4.